The number of fused-ring (bicyclic) bond motifs is 1. The summed E-state index contributed by atoms with van der Waals surface area (Å²) < 4.78 is 0. The molecule has 4 rings (SSSR count). The highest BCUT2D eigenvalue weighted by Crippen LogP contribution is 2.27. The van der Waals surface area contributed by atoms with Crippen molar-refractivity contribution in [2.45, 2.75) is 19.3 Å². The number of pyridine rings is 1. The monoisotopic (exact) mass is 373 g/mol. The molecule has 0 saturated heterocycles. The van der Waals surface area contributed by atoms with Gasteiger partial charge in [0, 0.05) is 38.2 Å². The SMILES string of the molecule is CN(CCc1ccncc1)c1cnc(C(=O)N2CCCc3ccccc32)cn1. The maximum absolute atomic E-state index is 13.0. The minimum atomic E-state index is -0.0920. The zero-order valence-electron chi connectivity index (χ0n) is 16.0. The molecule has 0 radical (unpaired) electrons. The van der Waals surface area contributed by atoms with Crippen LogP contribution in [0.3, 0.4) is 0 Å². The number of aryl methyl sites for hydroxylation is 1. The Morgan fingerprint density at radius 2 is 1.93 bits per heavy atom. The predicted molar refractivity (Wildman–Crippen MR) is 110 cm³/mol. The Balaban J connectivity index is 1.44. The van der Waals surface area contributed by atoms with E-state index < -0.39 is 0 Å². The van der Waals surface area contributed by atoms with Crippen molar-refractivity contribution in [3.63, 3.8) is 0 Å². The molecular weight excluding hydrogens is 350 g/mol. The van der Waals surface area contributed by atoms with Crippen LogP contribution in [0.4, 0.5) is 11.5 Å². The number of rotatable bonds is 5. The molecule has 6 heteroatoms. The number of hydrogen-bond acceptors (Lipinski definition) is 5. The van der Waals surface area contributed by atoms with Crippen LogP contribution in [-0.4, -0.2) is 41.0 Å². The Bertz CT molecular complexity index is 943. The van der Waals surface area contributed by atoms with Gasteiger partial charge in [0.2, 0.25) is 0 Å². The maximum Gasteiger partial charge on any atom is 0.278 e. The summed E-state index contributed by atoms with van der Waals surface area (Å²) in [5.41, 5.74) is 3.80. The van der Waals surface area contributed by atoms with Crippen LogP contribution in [0.1, 0.15) is 28.0 Å². The molecule has 0 N–H and O–H groups in total. The largest absolute Gasteiger partial charge is 0.358 e. The van der Waals surface area contributed by atoms with Crippen LogP contribution in [0.25, 0.3) is 0 Å². The van der Waals surface area contributed by atoms with Crippen molar-refractivity contribution in [1.29, 1.82) is 0 Å². The second-order valence-corrected chi connectivity index (χ2v) is 6.98. The van der Waals surface area contributed by atoms with E-state index in [0.717, 1.165) is 37.3 Å². The van der Waals surface area contributed by atoms with Crippen LogP contribution in [0.2, 0.25) is 0 Å². The summed E-state index contributed by atoms with van der Waals surface area (Å²) >= 11 is 0. The topological polar surface area (TPSA) is 62.2 Å². The molecule has 0 fully saturated rings. The average molecular weight is 373 g/mol. The van der Waals surface area contributed by atoms with Crippen LogP contribution in [0, 0.1) is 0 Å². The molecule has 0 aliphatic carbocycles. The van der Waals surface area contributed by atoms with Gasteiger partial charge in [-0.2, -0.15) is 0 Å². The van der Waals surface area contributed by atoms with Gasteiger partial charge < -0.3 is 9.80 Å². The number of nitrogens with zero attached hydrogens (tertiary/aromatic N) is 5. The number of hydrogen-bond donors (Lipinski definition) is 0. The molecule has 0 spiro atoms. The minimum absolute atomic E-state index is 0.0920. The number of benzene rings is 1. The molecule has 3 heterocycles. The fourth-order valence-electron chi connectivity index (χ4n) is 3.47. The fraction of sp³-hybridized carbons (Fsp3) is 0.273. The summed E-state index contributed by atoms with van der Waals surface area (Å²) in [4.78, 5) is 29.7. The van der Waals surface area contributed by atoms with E-state index in [1.807, 2.05) is 47.2 Å². The standard InChI is InChI=1S/C22H23N5O/c1-26(14-10-17-8-11-23-12-9-17)21-16-24-19(15-25-21)22(28)27-13-4-6-18-5-2-3-7-20(18)27/h2-3,5,7-9,11-12,15-16H,4,6,10,13-14H2,1H3. The molecule has 1 aromatic carbocycles. The van der Waals surface area contributed by atoms with E-state index in [0.29, 0.717) is 12.2 Å². The van der Waals surface area contributed by atoms with Crippen molar-refractivity contribution in [3.8, 4) is 0 Å². The molecule has 0 atom stereocenters. The first kappa shape index (κ1) is 18.1. The number of amides is 1. The molecule has 3 aromatic rings. The Morgan fingerprint density at radius 3 is 2.71 bits per heavy atom. The molecule has 142 valence electrons. The maximum atomic E-state index is 13.0. The third-order valence-corrected chi connectivity index (χ3v) is 5.09. The van der Waals surface area contributed by atoms with Crippen molar-refractivity contribution in [2.24, 2.45) is 0 Å². The van der Waals surface area contributed by atoms with Crippen molar-refractivity contribution < 1.29 is 4.79 Å². The van der Waals surface area contributed by atoms with E-state index in [2.05, 4.69) is 21.0 Å². The Kier molecular flexibility index (Phi) is 5.28. The molecule has 0 saturated carbocycles. The van der Waals surface area contributed by atoms with E-state index in [1.54, 1.807) is 24.8 Å². The first-order chi connectivity index (χ1) is 13.7. The first-order valence-electron chi connectivity index (χ1n) is 9.54. The summed E-state index contributed by atoms with van der Waals surface area (Å²) in [6.07, 6.45) is 9.72. The number of aromatic nitrogens is 3. The summed E-state index contributed by atoms with van der Waals surface area (Å²) in [7, 11) is 1.98. The molecule has 0 unspecified atom stereocenters. The van der Waals surface area contributed by atoms with Crippen LogP contribution in [0.5, 0.6) is 0 Å². The third kappa shape index (κ3) is 3.86. The Hall–Kier alpha value is -3.28. The molecule has 6 nitrogen and oxygen atoms in total. The van der Waals surface area contributed by atoms with Crippen molar-refractivity contribution in [2.75, 3.05) is 29.9 Å². The summed E-state index contributed by atoms with van der Waals surface area (Å²) in [6.45, 7) is 1.52. The highest BCUT2D eigenvalue weighted by molar-refractivity contribution is 6.05. The second-order valence-electron chi connectivity index (χ2n) is 6.98. The molecule has 1 aliphatic heterocycles. The summed E-state index contributed by atoms with van der Waals surface area (Å²) in [6, 6.07) is 12.1. The molecule has 28 heavy (non-hydrogen) atoms. The van der Waals surface area contributed by atoms with Gasteiger partial charge in [-0.25, -0.2) is 9.97 Å². The van der Waals surface area contributed by atoms with E-state index >= 15 is 0 Å². The van der Waals surface area contributed by atoms with Crippen LogP contribution in [-0.2, 0) is 12.8 Å². The van der Waals surface area contributed by atoms with Crippen molar-refractivity contribution in [3.05, 3.63) is 78.0 Å². The number of anilines is 2. The molecule has 2 aromatic heterocycles. The Morgan fingerprint density at radius 1 is 1.11 bits per heavy atom. The minimum Gasteiger partial charge on any atom is -0.358 e. The quantitative estimate of drug-likeness (QED) is 0.688. The van der Waals surface area contributed by atoms with Gasteiger partial charge in [0.1, 0.15) is 11.5 Å². The summed E-state index contributed by atoms with van der Waals surface area (Å²) in [5.74, 6) is 0.662. The number of likely N-dealkylation sites (N-methyl/N-ethyl adjacent to an activating group) is 1. The Labute approximate surface area is 164 Å². The fourth-order valence-corrected chi connectivity index (χ4v) is 3.47. The van der Waals surface area contributed by atoms with E-state index in [1.165, 1.54) is 11.1 Å². The average Bonchev–Trinajstić information content (AvgIpc) is 2.77. The molecule has 1 amide bonds. The lowest BCUT2D eigenvalue weighted by Crippen LogP contribution is -2.36. The lowest BCUT2D eigenvalue weighted by atomic mass is 10.0. The lowest BCUT2D eigenvalue weighted by molar-refractivity contribution is 0.0980. The van der Waals surface area contributed by atoms with Gasteiger partial charge in [0.25, 0.3) is 5.91 Å². The van der Waals surface area contributed by atoms with Crippen molar-refractivity contribution in [1.82, 2.24) is 15.0 Å². The second kappa shape index (κ2) is 8.17. The highest BCUT2D eigenvalue weighted by Gasteiger charge is 2.24. The van der Waals surface area contributed by atoms with E-state index in [4.69, 9.17) is 0 Å². The zero-order valence-corrected chi connectivity index (χ0v) is 16.0. The van der Waals surface area contributed by atoms with Crippen molar-refractivity contribution >= 4 is 17.4 Å². The zero-order chi connectivity index (χ0) is 19.3. The lowest BCUT2D eigenvalue weighted by Gasteiger charge is -2.29. The van der Waals surface area contributed by atoms with E-state index in [9.17, 15) is 4.79 Å². The van der Waals surface area contributed by atoms with Gasteiger partial charge in [0.05, 0.1) is 12.4 Å². The number of carbonyl (C=O) groups excluding carboxylic acids is 1. The third-order valence-electron chi connectivity index (χ3n) is 5.09. The van der Waals surface area contributed by atoms with E-state index in [-0.39, 0.29) is 5.91 Å². The van der Waals surface area contributed by atoms with Crippen LogP contribution >= 0.6 is 0 Å². The number of carbonyl (C=O) groups is 1. The first-order valence-corrected chi connectivity index (χ1v) is 9.54. The van der Waals surface area contributed by atoms with Crippen LogP contribution in [0.15, 0.2) is 61.2 Å². The summed E-state index contributed by atoms with van der Waals surface area (Å²) in [5, 5.41) is 0. The van der Waals surface area contributed by atoms with Gasteiger partial charge in [-0.15, -0.1) is 0 Å². The van der Waals surface area contributed by atoms with Crippen LogP contribution < -0.4 is 9.80 Å². The van der Waals surface area contributed by atoms with Gasteiger partial charge in [-0.1, -0.05) is 18.2 Å². The van der Waals surface area contributed by atoms with Gasteiger partial charge in [-0.3, -0.25) is 9.78 Å². The smallest absolute Gasteiger partial charge is 0.278 e. The highest BCUT2D eigenvalue weighted by atomic mass is 16.2. The predicted octanol–water partition coefficient (Wildman–Crippen LogP) is 3.14. The van der Waals surface area contributed by atoms with Gasteiger partial charge in [-0.05, 0) is 48.6 Å². The van der Waals surface area contributed by atoms with Gasteiger partial charge >= 0.3 is 0 Å². The number of para-hydroxylation sites is 1. The molecule has 0 bridgehead atoms. The van der Waals surface area contributed by atoms with Gasteiger partial charge in [0.15, 0.2) is 0 Å². The normalized spacial score (nSPS) is 13.1. The molecular formula is C22H23N5O. The molecule has 1 aliphatic rings.